The van der Waals surface area contributed by atoms with E-state index in [0.29, 0.717) is 0 Å². The first-order chi connectivity index (χ1) is 10.1. The molecule has 0 aliphatic rings. The summed E-state index contributed by atoms with van der Waals surface area (Å²) in [5.74, 6) is 0.793. The van der Waals surface area contributed by atoms with Crippen molar-refractivity contribution in [2.75, 3.05) is 7.11 Å². The number of hydrogen-bond donors (Lipinski definition) is 0. The van der Waals surface area contributed by atoms with Crippen LogP contribution >= 0.6 is 11.3 Å². The van der Waals surface area contributed by atoms with E-state index in [2.05, 4.69) is 4.98 Å². The van der Waals surface area contributed by atoms with Crippen molar-refractivity contribution < 1.29 is 9.66 Å². The highest BCUT2D eigenvalue weighted by Gasteiger charge is 2.13. The number of non-ortho nitro benzene ring substituents is 1. The van der Waals surface area contributed by atoms with Crippen LogP contribution in [0.4, 0.5) is 5.69 Å². The minimum absolute atomic E-state index is 0.0774. The van der Waals surface area contributed by atoms with Crippen LogP contribution in [0.15, 0.2) is 36.4 Å². The van der Waals surface area contributed by atoms with Crippen molar-refractivity contribution in [3.05, 3.63) is 52.1 Å². The maximum atomic E-state index is 10.7. The molecule has 0 aliphatic carbocycles. The number of aryl methyl sites for hydroxylation is 1. The topological polar surface area (TPSA) is 65.3 Å². The summed E-state index contributed by atoms with van der Waals surface area (Å²) in [6, 6.07) is 10.3. The quantitative estimate of drug-likeness (QED) is 0.537. The third-order valence-electron chi connectivity index (χ3n) is 3.25. The van der Waals surface area contributed by atoms with E-state index in [4.69, 9.17) is 4.74 Å². The Morgan fingerprint density at radius 1 is 1.19 bits per heavy atom. The smallest absolute Gasteiger partial charge is 0.269 e. The largest absolute Gasteiger partial charge is 0.495 e. The van der Waals surface area contributed by atoms with E-state index in [1.807, 2.05) is 19.1 Å². The minimum Gasteiger partial charge on any atom is -0.495 e. The summed E-state index contributed by atoms with van der Waals surface area (Å²) in [4.78, 5) is 14.9. The monoisotopic (exact) mass is 300 g/mol. The second-order valence-corrected chi connectivity index (χ2v) is 5.58. The third kappa shape index (κ3) is 2.34. The number of nitrogens with zero attached hydrogens (tertiary/aromatic N) is 2. The molecular formula is C15H12N2O3S. The SMILES string of the molecule is COc1ccc(C)c2nc(-c3ccc([N+](=O)[O-])cc3)sc12. The Kier molecular flexibility index (Phi) is 3.31. The van der Waals surface area contributed by atoms with Gasteiger partial charge in [-0.1, -0.05) is 6.07 Å². The molecule has 2 aromatic carbocycles. The number of methoxy groups -OCH3 is 1. The summed E-state index contributed by atoms with van der Waals surface area (Å²) in [6.45, 7) is 2.00. The van der Waals surface area contributed by atoms with Crippen LogP contribution in [0.25, 0.3) is 20.8 Å². The highest BCUT2D eigenvalue weighted by molar-refractivity contribution is 7.22. The van der Waals surface area contributed by atoms with Crippen LogP contribution < -0.4 is 4.74 Å². The molecule has 0 unspecified atom stereocenters. The molecule has 3 rings (SSSR count). The number of fused-ring (bicyclic) bond motifs is 1. The molecule has 0 saturated carbocycles. The number of rotatable bonds is 3. The number of aromatic nitrogens is 1. The average Bonchev–Trinajstić information content (AvgIpc) is 2.94. The Hall–Kier alpha value is -2.47. The summed E-state index contributed by atoms with van der Waals surface area (Å²) in [7, 11) is 1.63. The van der Waals surface area contributed by atoms with Gasteiger partial charge in [0.05, 0.1) is 22.2 Å². The van der Waals surface area contributed by atoms with Gasteiger partial charge in [0.15, 0.2) is 0 Å². The van der Waals surface area contributed by atoms with Crippen LogP contribution in [-0.2, 0) is 0 Å². The van der Waals surface area contributed by atoms with Crippen molar-refractivity contribution in [3.8, 4) is 16.3 Å². The Morgan fingerprint density at radius 3 is 2.52 bits per heavy atom. The lowest BCUT2D eigenvalue weighted by Crippen LogP contribution is -1.87. The lowest BCUT2D eigenvalue weighted by Gasteiger charge is -2.01. The third-order valence-corrected chi connectivity index (χ3v) is 4.37. The fourth-order valence-corrected chi connectivity index (χ4v) is 3.26. The molecule has 0 N–H and O–H groups in total. The molecule has 0 atom stereocenters. The second kappa shape index (κ2) is 5.14. The zero-order chi connectivity index (χ0) is 15.0. The number of nitro groups is 1. The van der Waals surface area contributed by atoms with Crippen LogP contribution in [0.1, 0.15) is 5.56 Å². The normalized spacial score (nSPS) is 10.8. The van der Waals surface area contributed by atoms with E-state index < -0.39 is 4.92 Å². The van der Waals surface area contributed by atoms with Gasteiger partial charge in [0.25, 0.3) is 5.69 Å². The summed E-state index contributed by atoms with van der Waals surface area (Å²) in [6.07, 6.45) is 0. The van der Waals surface area contributed by atoms with Gasteiger partial charge in [-0.05, 0) is 30.7 Å². The zero-order valence-corrected chi connectivity index (χ0v) is 12.3. The predicted molar refractivity (Wildman–Crippen MR) is 83.0 cm³/mol. The molecule has 0 radical (unpaired) electrons. The van der Waals surface area contributed by atoms with Gasteiger partial charge in [-0.25, -0.2) is 4.98 Å². The zero-order valence-electron chi connectivity index (χ0n) is 11.5. The molecule has 6 heteroatoms. The molecule has 5 nitrogen and oxygen atoms in total. The van der Waals surface area contributed by atoms with E-state index in [1.165, 1.54) is 23.5 Å². The lowest BCUT2D eigenvalue weighted by molar-refractivity contribution is -0.384. The fourth-order valence-electron chi connectivity index (χ4n) is 2.12. The van der Waals surface area contributed by atoms with Crippen LogP contribution in [-0.4, -0.2) is 17.0 Å². The summed E-state index contributed by atoms with van der Waals surface area (Å²) in [5, 5.41) is 11.5. The van der Waals surface area contributed by atoms with Gasteiger partial charge in [0.1, 0.15) is 10.8 Å². The summed E-state index contributed by atoms with van der Waals surface area (Å²) < 4.78 is 6.35. The number of hydrogen-bond acceptors (Lipinski definition) is 5. The van der Waals surface area contributed by atoms with Gasteiger partial charge in [0.2, 0.25) is 0 Å². The van der Waals surface area contributed by atoms with Crippen molar-refractivity contribution in [1.82, 2.24) is 4.98 Å². The molecule has 3 aromatic rings. The van der Waals surface area contributed by atoms with Gasteiger partial charge in [-0.3, -0.25) is 10.1 Å². The lowest BCUT2D eigenvalue weighted by atomic mass is 10.2. The van der Waals surface area contributed by atoms with Gasteiger partial charge in [0, 0.05) is 17.7 Å². The first kappa shape index (κ1) is 13.5. The molecule has 21 heavy (non-hydrogen) atoms. The van der Waals surface area contributed by atoms with E-state index in [-0.39, 0.29) is 5.69 Å². The molecule has 0 aliphatic heterocycles. The van der Waals surface area contributed by atoms with E-state index in [9.17, 15) is 10.1 Å². The summed E-state index contributed by atoms with van der Waals surface area (Å²) in [5.41, 5.74) is 2.93. The molecule has 0 spiro atoms. The first-order valence-corrected chi connectivity index (χ1v) is 7.11. The molecule has 0 bridgehead atoms. The van der Waals surface area contributed by atoms with Crippen LogP contribution in [0, 0.1) is 17.0 Å². The van der Waals surface area contributed by atoms with Crippen LogP contribution in [0.2, 0.25) is 0 Å². The number of benzene rings is 2. The molecular weight excluding hydrogens is 288 g/mol. The average molecular weight is 300 g/mol. The highest BCUT2D eigenvalue weighted by Crippen LogP contribution is 2.37. The minimum atomic E-state index is -0.407. The first-order valence-electron chi connectivity index (χ1n) is 6.29. The highest BCUT2D eigenvalue weighted by atomic mass is 32.1. The maximum absolute atomic E-state index is 10.7. The standard InChI is InChI=1S/C15H12N2O3S/c1-9-3-8-12(20-2)14-13(9)16-15(21-14)10-4-6-11(7-5-10)17(18)19/h3-8H,1-2H3. The number of nitro benzene ring substituents is 1. The van der Waals surface area contributed by atoms with Gasteiger partial charge in [-0.15, -0.1) is 11.3 Å². The Labute approximate surface area is 125 Å². The Balaban J connectivity index is 2.12. The molecule has 1 aromatic heterocycles. The predicted octanol–water partition coefficient (Wildman–Crippen LogP) is 4.19. The van der Waals surface area contributed by atoms with Crippen molar-refractivity contribution in [2.24, 2.45) is 0 Å². The van der Waals surface area contributed by atoms with Crippen LogP contribution in [0.3, 0.4) is 0 Å². The molecule has 1 heterocycles. The number of thiazole rings is 1. The summed E-state index contributed by atoms with van der Waals surface area (Å²) >= 11 is 1.52. The Morgan fingerprint density at radius 2 is 1.90 bits per heavy atom. The maximum Gasteiger partial charge on any atom is 0.269 e. The molecule has 0 saturated heterocycles. The molecule has 106 valence electrons. The van der Waals surface area contributed by atoms with E-state index >= 15 is 0 Å². The Bertz CT molecular complexity index is 825. The van der Waals surface area contributed by atoms with Crippen molar-refractivity contribution in [1.29, 1.82) is 0 Å². The van der Waals surface area contributed by atoms with Gasteiger partial charge in [-0.2, -0.15) is 0 Å². The van der Waals surface area contributed by atoms with Crippen molar-refractivity contribution in [2.45, 2.75) is 6.92 Å². The second-order valence-electron chi connectivity index (χ2n) is 4.59. The van der Waals surface area contributed by atoms with Gasteiger partial charge >= 0.3 is 0 Å². The van der Waals surface area contributed by atoms with Crippen molar-refractivity contribution >= 4 is 27.2 Å². The van der Waals surface area contributed by atoms with E-state index in [0.717, 1.165) is 32.1 Å². The van der Waals surface area contributed by atoms with Crippen LogP contribution in [0.5, 0.6) is 5.75 Å². The fraction of sp³-hybridized carbons (Fsp3) is 0.133. The molecule has 0 amide bonds. The van der Waals surface area contributed by atoms with E-state index in [1.54, 1.807) is 19.2 Å². The van der Waals surface area contributed by atoms with Crippen molar-refractivity contribution in [3.63, 3.8) is 0 Å². The molecule has 0 fully saturated rings. The number of ether oxygens (including phenoxy) is 1. The van der Waals surface area contributed by atoms with Gasteiger partial charge < -0.3 is 4.74 Å².